The van der Waals surface area contributed by atoms with E-state index in [1.807, 2.05) is 55.5 Å². The molecule has 2 rings (SSSR count). The van der Waals surface area contributed by atoms with E-state index in [9.17, 15) is 4.21 Å². The highest BCUT2D eigenvalue weighted by atomic mass is 35.5. The van der Waals surface area contributed by atoms with E-state index in [4.69, 9.17) is 16.3 Å². The zero-order chi connectivity index (χ0) is 20.2. The van der Waals surface area contributed by atoms with E-state index in [0.29, 0.717) is 29.6 Å². The van der Waals surface area contributed by atoms with Crippen molar-refractivity contribution in [1.29, 1.82) is 0 Å². The van der Waals surface area contributed by atoms with Crippen molar-refractivity contribution in [2.24, 2.45) is 4.99 Å². The molecule has 0 saturated heterocycles. The molecule has 0 aliphatic heterocycles. The fourth-order valence-corrected chi connectivity index (χ4v) is 3.88. The molecule has 0 amide bonds. The summed E-state index contributed by atoms with van der Waals surface area (Å²) in [5.41, 5.74) is 2.14. The SMILES string of the molecule is CCNC(=NCCS(=O)Cc1ccccc1)NCCc1ccc(OC)cc1Cl. The molecule has 5 nitrogen and oxygen atoms in total. The Hall–Kier alpha value is -2.05. The fourth-order valence-electron chi connectivity index (χ4n) is 2.61. The fraction of sp³-hybridized carbons (Fsp3) is 0.381. The van der Waals surface area contributed by atoms with Crippen molar-refractivity contribution in [3.63, 3.8) is 0 Å². The predicted molar refractivity (Wildman–Crippen MR) is 119 cm³/mol. The summed E-state index contributed by atoms with van der Waals surface area (Å²) in [4.78, 5) is 4.52. The number of nitrogens with zero attached hydrogens (tertiary/aromatic N) is 1. The van der Waals surface area contributed by atoms with Crippen molar-refractivity contribution in [3.05, 3.63) is 64.7 Å². The molecule has 0 fully saturated rings. The van der Waals surface area contributed by atoms with Crippen molar-refractivity contribution in [2.45, 2.75) is 19.1 Å². The summed E-state index contributed by atoms with van der Waals surface area (Å²) >= 11 is 6.28. The Balaban J connectivity index is 1.79. The predicted octanol–water partition coefficient (Wildman–Crippen LogP) is 3.40. The summed E-state index contributed by atoms with van der Waals surface area (Å²) in [5, 5.41) is 7.20. The number of hydrogen-bond acceptors (Lipinski definition) is 3. The van der Waals surface area contributed by atoms with Gasteiger partial charge in [-0.3, -0.25) is 9.20 Å². The van der Waals surface area contributed by atoms with Gasteiger partial charge in [0.05, 0.1) is 13.7 Å². The minimum Gasteiger partial charge on any atom is -0.497 e. The Morgan fingerprint density at radius 2 is 1.96 bits per heavy atom. The van der Waals surface area contributed by atoms with Gasteiger partial charge in [0.25, 0.3) is 0 Å². The molecule has 7 heteroatoms. The molecule has 0 spiro atoms. The summed E-state index contributed by atoms with van der Waals surface area (Å²) in [6.45, 7) is 4.00. The van der Waals surface area contributed by atoms with Crippen LogP contribution in [-0.4, -0.2) is 42.7 Å². The van der Waals surface area contributed by atoms with Crippen molar-refractivity contribution >= 4 is 28.4 Å². The number of halogens is 1. The molecule has 0 aromatic heterocycles. The van der Waals surface area contributed by atoms with Crippen LogP contribution in [0.5, 0.6) is 5.75 Å². The lowest BCUT2D eigenvalue weighted by Crippen LogP contribution is -2.38. The normalized spacial score (nSPS) is 12.5. The van der Waals surface area contributed by atoms with Crippen LogP contribution in [0.1, 0.15) is 18.1 Å². The van der Waals surface area contributed by atoms with Crippen LogP contribution in [0.3, 0.4) is 0 Å². The van der Waals surface area contributed by atoms with E-state index in [1.54, 1.807) is 7.11 Å². The average Bonchev–Trinajstić information content (AvgIpc) is 2.70. The molecule has 0 bridgehead atoms. The Bertz CT molecular complexity index is 784. The van der Waals surface area contributed by atoms with Gasteiger partial charge in [-0.25, -0.2) is 0 Å². The van der Waals surface area contributed by atoms with Gasteiger partial charge in [0.1, 0.15) is 5.75 Å². The van der Waals surface area contributed by atoms with Crippen molar-refractivity contribution in [1.82, 2.24) is 10.6 Å². The molecule has 0 aliphatic carbocycles. The lowest BCUT2D eigenvalue weighted by Gasteiger charge is -2.12. The third-order valence-electron chi connectivity index (χ3n) is 4.05. The first kappa shape index (κ1) is 22.2. The number of aliphatic imine (C=N–C) groups is 1. The Morgan fingerprint density at radius 3 is 2.64 bits per heavy atom. The van der Waals surface area contributed by atoms with E-state index >= 15 is 0 Å². The molecule has 0 radical (unpaired) electrons. The first-order chi connectivity index (χ1) is 13.6. The lowest BCUT2D eigenvalue weighted by atomic mass is 10.1. The van der Waals surface area contributed by atoms with E-state index in [2.05, 4.69) is 15.6 Å². The van der Waals surface area contributed by atoms with E-state index in [-0.39, 0.29) is 0 Å². The molecular weight excluding hydrogens is 394 g/mol. The molecule has 28 heavy (non-hydrogen) atoms. The number of benzene rings is 2. The van der Waals surface area contributed by atoms with Crippen LogP contribution in [-0.2, 0) is 23.0 Å². The Morgan fingerprint density at radius 1 is 1.18 bits per heavy atom. The first-order valence-electron chi connectivity index (χ1n) is 9.36. The second kappa shape index (κ2) is 12.4. The molecule has 2 aromatic rings. The molecule has 0 aliphatic rings. The topological polar surface area (TPSA) is 62.7 Å². The standard InChI is InChI=1S/C21H28ClN3O2S/c1-3-23-21(24-12-11-18-9-10-19(27-2)15-20(18)22)25-13-14-28(26)16-17-7-5-4-6-8-17/h4-10,15H,3,11-14,16H2,1-2H3,(H2,23,24,25). The van der Waals surface area contributed by atoms with Crippen LogP contribution < -0.4 is 15.4 Å². The molecule has 0 saturated carbocycles. The van der Waals surface area contributed by atoms with Gasteiger partial charge in [0.15, 0.2) is 5.96 Å². The zero-order valence-corrected chi connectivity index (χ0v) is 18.0. The quantitative estimate of drug-likeness (QED) is 0.456. The van der Waals surface area contributed by atoms with Crippen LogP contribution in [0.2, 0.25) is 5.02 Å². The molecule has 152 valence electrons. The van der Waals surface area contributed by atoms with Crippen LogP contribution in [0.15, 0.2) is 53.5 Å². The number of methoxy groups -OCH3 is 1. The van der Waals surface area contributed by atoms with Gasteiger partial charge in [-0.15, -0.1) is 0 Å². The maximum atomic E-state index is 12.2. The van der Waals surface area contributed by atoms with E-state index in [1.165, 1.54) is 0 Å². The minimum atomic E-state index is -0.925. The van der Waals surface area contributed by atoms with Crippen LogP contribution in [0.25, 0.3) is 0 Å². The minimum absolute atomic E-state index is 0.512. The summed E-state index contributed by atoms with van der Waals surface area (Å²) in [6.07, 6.45) is 0.771. The van der Waals surface area contributed by atoms with Crippen LogP contribution in [0, 0.1) is 0 Å². The summed E-state index contributed by atoms with van der Waals surface area (Å²) < 4.78 is 17.4. The molecular formula is C21H28ClN3O2S. The molecule has 1 unspecified atom stereocenters. The maximum Gasteiger partial charge on any atom is 0.191 e. The van der Waals surface area contributed by atoms with Crippen LogP contribution >= 0.6 is 11.6 Å². The second-order valence-corrected chi connectivity index (χ2v) is 8.15. The monoisotopic (exact) mass is 421 g/mol. The lowest BCUT2D eigenvalue weighted by molar-refractivity contribution is 0.414. The number of guanidine groups is 1. The maximum absolute atomic E-state index is 12.2. The van der Waals surface area contributed by atoms with Gasteiger partial charge in [0.2, 0.25) is 0 Å². The zero-order valence-electron chi connectivity index (χ0n) is 16.4. The number of ether oxygens (including phenoxy) is 1. The van der Waals surface area contributed by atoms with Gasteiger partial charge in [-0.2, -0.15) is 0 Å². The smallest absolute Gasteiger partial charge is 0.191 e. The van der Waals surface area contributed by atoms with Crippen LogP contribution in [0.4, 0.5) is 0 Å². The summed E-state index contributed by atoms with van der Waals surface area (Å²) in [6, 6.07) is 15.6. The van der Waals surface area contributed by atoms with E-state index < -0.39 is 10.8 Å². The molecule has 0 heterocycles. The van der Waals surface area contributed by atoms with Gasteiger partial charge in [-0.1, -0.05) is 48.0 Å². The average molecular weight is 422 g/mol. The number of nitrogens with one attached hydrogen (secondary N) is 2. The summed E-state index contributed by atoms with van der Waals surface area (Å²) in [7, 11) is 0.699. The first-order valence-corrected chi connectivity index (χ1v) is 11.2. The van der Waals surface area contributed by atoms with Gasteiger partial charge in [0, 0.05) is 40.4 Å². The summed E-state index contributed by atoms with van der Waals surface area (Å²) in [5.74, 6) is 2.58. The molecule has 2 aromatic carbocycles. The Labute approximate surface area is 175 Å². The highest BCUT2D eigenvalue weighted by Gasteiger charge is 2.05. The van der Waals surface area contributed by atoms with Gasteiger partial charge < -0.3 is 15.4 Å². The van der Waals surface area contributed by atoms with Gasteiger partial charge >= 0.3 is 0 Å². The highest BCUT2D eigenvalue weighted by molar-refractivity contribution is 7.84. The Kier molecular flexibility index (Phi) is 9.86. The van der Waals surface area contributed by atoms with E-state index in [0.717, 1.165) is 35.8 Å². The largest absolute Gasteiger partial charge is 0.497 e. The molecule has 1 atom stereocenters. The molecule has 2 N–H and O–H groups in total. The van der Waals surface area contributed by atoms with Crippen molar-refractivity contribution in [3.8, 4) is 5.75 Å². The third-order valence-corrected chi connectivity index (χ3v) is 5.70. The van der Waals surface area contributed by atoms with Crippen molar-refractivity contribution < 1.29 is 8.95 Å². The van der Waals surface area contributed by atoms with Gasteiger partial charge in [-0.05, 0) is 36.6 Å². The highest BCUT2D eigenvalue weighted by Crippen LogP contribution is 2.22. The second-order valence-electron chi connectivity index (χ2n) is 6.17. The third kappa shape index (κ3) is 7.90. The number of rotatable bonds is 10. The number of hydrogen-bond donors (Lipinski definition) is 2. The van der Waals surface area contributed by atoms with Crippen molar-refractivity contribution in [2.75, 3.05) is 32.5 Å².